The predicted octanol–water partition coefficient (Wildman–Crippen LogP) is 3.67. The molecule has 1 aromatic heterocycles. The zero-order valence-electron chi connectivity index (χ0n) is 12.2. The molecule has 1 N–H and O–H groups in total. The highest BCUT2D eigenvalue weighted by Crippen LogP contribution is 2.26. The van der Waals surface area contributed by atoms with Gasteiger partial charge < -0.3 is 10.2 Å². The van der Waals surface area contributed by atoms with Gasteiger partial charge in [-0.05, 0) is 37.0 Å². The topological polar surface area (TPSA) is 15.3 Å². The van der Waals surface area contributed by atoms with E-state index in [1.165, 1.54) is 10.9 Å². The molecule has 0 saturated carbocycles. The Morgan fingerprint density at radius 3 is 2.75 bits per heavy atom. The van der Waals surface area contributed by atoms with Gasteiger partial charge in [-0.1, -0.05) is 18.2 Å². The fourth-order valence-electron chi connectivity index (χ4n) is 2.37. The summed E-state index contributed by atoms with van der Waals surface area (Å²) in [6.07, 6.45) is 0.932. The number of halogens is 1. The Hall–Kier alpha value is -1.39. The minimum Gasteiger partial charge on any atom is -0.369 e. The number of thiophene rings is 1. The van der Waals surface area contributed by atoms with E-state index in [1.54, 1.807) is 17.4 Å². The SMILES string of the molecule is CNCc1cccc(F)c1N(C)C(C)Cc1cccs1. The molecule has 0 fully saturated rings. The van der Waals surface area contributed by atoms with Crippen LogP contribution >= 0.6 is 11.3 Å². The van der Waals surface area contributed by atoms with E-state index in [9.17, 15) is 4.39 Å². The Kier molecular flexibility index (Phi) is 5.15. The number of rotatable bonds is 6. The molecule has 1 atom stereocenters. The fourth-order valence-corrected chi connectivity index (χ4v) is 3.19. The van der Waals surface area contributed by atoms with Gasteiger partial charge in [-0.2, -0.15) is 0 Å². The van der Waals surface area contributed by atoms with Crippen molar-refractivity contribution in [3.05, 3.63) is 52.0 Å². The Morgan fingerprint density at radius 2 is 2.10 bits per heavy atom. The fraction of sp³-hybridized carbons (Fsp3) is 0.375. The average molecular weight is 292 g/mol. The van der Waals surface area contributed by atoms with Crippen LogP contribution in [0, 0.1) is 5.82 Å². The molecule has 0 aliphatic heterocycles. The highest BCUT2D eigenvalue weighted by molar-refractivity contribution is 7.09. The molecule has 0 aliphatic rings. The maximum Gasteiger partial charge on any atom is 0.146 e. The van der Waals surface area contributed by atoms with Crippen LogP contribution in [0.5, 0.6) is 0 Å². The lowest BCUT2D eigenvalue weighted by Gasteiger charge is -2.29. The highest BCUT2D eigenvalue weighted by atomic mass is 32.1. The number of nitrogens with one attached hydrogen (secondary N) is 1. The second-order valence-corrected chi connectivity index (χ2v) is 6.05. The lowest BCUT2D eigenvalue weighted by atomic mass is 10.1. The number of likely N-dealkylation sites (N-methyl/N-ethyl adjacent to an activating group) is 1. The second-order valence-electron chi connectivity index (χ2n) is 5.02. The molecule has 0 amide bonds. The monoisotopic (exact) mass is 292 g/mol. The van der Waals surface area contributed by atoms with Crippen LogP contribution in [-0.2, 0) is 13.0 Å². The number of hydrogen-bond acceptors (Lipinski definition) is 3. The van der Waals surface area contributed by atoms with Gasteiger partial charge in [0.25, 0.3) is 0 Å². The number of nitrogens with zero attached hydrogens (tertiary/aromatic N) is 1. The third-order valence-electron chi connectivity index (χ3n) is 3.53. The van der Waals surface area contributed by atoms with Crippen molar-refractivity contribution in [1.29, 1.82) is 0 Å². The molecule has 0 bridgehead atoms. The molecule has 1 heterocycles. The maximum absolute atomic E-state index is 14.2. The van der Waals surface area contributed by atoms with Crippen molar-refractivity contribution in [3.63, 3.8) is 0 Å². The standard InChI is InChI=1S/C16H21FN2S/c1-12(10-14-7-5-9-20-14)19(3)16-13(11-18-2)6-4-8-15(16)17/h4-9,12,18H,10-11H2,1-3H3. The second kappa shape index (κ2) is 6.86. The summed E-state index contributed by atoms with van der Waals surface area (Å²) in [5.74, 6) is -0.154. The van der Waals surface area contributed by atoms with E-state index in [2.05, 4.69) is 29.8 Å². The zero-order chi connectivity index (χ0) is 14.5. The van der Waals surface area contributed by atoms with Crippen LogP contribution in [-0.4, -0.2) is 20.1 Å². The largest absolute Gasteiger partial charge is 0.369 e. The zero-order valence-corrected chi connectivity index (χ0v) is 13.0. The summed E-state index contributed by atoms with van der Waals surface area (Å²) >= 11 is 1.75. The van der Waals surface area contributed by atoms with Crippen molar-refractivity contribution >= 4 is 17.0 Å². The minimum absolute atomic E-state index is 0.154. The first-order valence-corrected chi connectivity index (χ1v) is 7.68. The van der Waals surface area contributed by atoms with Crippen LogP contribution in [0.4, 0.5) is 10.1 Å². The van der Waals surface area contributed by atoms with Crippen LogP contribution in [0.2, 0.25) is 0 Å². The summed E-state index contributed by atoms with van der Waals surface area (Å²) in [4.78, 5) is 3.37. The van der Waals surface area contributed by atoms with E-state index in [0.29, 0.717) is 12.2 Å². The van der Waals surface area contributed by atoms with Gasteiger partial charge in [0.05, 0.1) is 5.69 Å². The van der Waals surface area contributed by atoms with Crippen LogP contribution in [0.25, 0.3) is 0 Å². The van der Waals surface area contributed by atoms with Gasteiger partial charge >= 0.3 is 0 Å². The third-order valence-corrected chi connectivity index (χ3v) is 4.43. The minimum atomic E-state index is -0.154. The number of hydrogen-bond donors (Lipinski definition) is 1. The molecule has 2 aromatic rings. The van der Waals surface area contributed by atoms with Gasteiger partial charge in [-0.15, -0.1) is 11.3 Å². The normalized spacial score (nSPS) is 12.4. The van der Waals surface area contributed by atoms with Crippen molar-refractivity contribution in [1.82, 2.24) is 5.32 Å². The summed E-state index contributed by atoms with van der Waals surface area (Å²) in [6.45, 7) is 2.80. The summed E-state index contributed by atoms with van der Waals surface area (Å²) < 4.78 is 14.2. The van der Waals surface area contributed by atoms with E-state index in [1.807, 2.05) is 25.1 Å². The number of para-hydroxylation sites is 1. The van der Waals surface area contributed by atoms with E-state index in [-0.39, 0.29) is 11.9 Å². The molecule has 0 aliphatic carbocycles. The van der Waals surface area contributed by atoms with E-state index in [0.717, 1.165) is 12.0 Å². The first kappa shape index (κ1) is 15.0. The van der Waals surface area contributed by atoms with Gasteiger partial charge in [0.1, 0.15) is 5.82 Å². The lowest BCUT2D eigenvalue weighted by molar-refractivity contribution is 0.599. The molecule has 2 rings (SSSR count). The highest BCUT2D eigenvalue weighted by Gasteiger charge is 2.18. The molecular weight excluding hydrogens is 271 g/mol. The van der Waals surface area contributed by atoms with Gasteiger partial charge in [-0.25, -0.2) is 4.39 Å². The smallest absolute Gasteiger partial charge is 0.146 e. The number of benzene rings is 1. The van der Waals surface area contributed by atoms with Gasteiger partial charge in [0.15, 0.2) is 0 Å². The Morgan fingerprint density at radius 1 is 1.30 bits per heavy atom. The Bertz CT molecular complexity index is 539. The molecule has 2 nitrogen and oxygen atoms in total. The Balaban J connectivity index is 2.21. The van der Waals surface area contributed by atoms with Crippen LogP contribution < -0.4 is 10.2 Å². The van der Waals surface area contributed by atoms with Crippen molar-refractivity contribution in [2.75, 3.05) is 19.0 Å². The van der Waals surface area contributed by atoms with Crippen LogP contribution in [0.3, 0.4) is 0 Å². The molecule has 1 unspecified atom stereocenters. The average Bonchev–Trinajstić information content (AvgIpc) is 2.91. The van der Waals surface area contributed by atoms with E-state index < -0.39 is 0 Å². The molecule has 20 heavy (non-hydrogen) atoms. The predicted molar refractivity (Wildman–Crippen MR) is 85.1 cm³/mol. The summed E-state index contributed by atoms with van der Waals surface area (Å²) in [7, 11) is 3.85. The molecule has 0 saturated heterocycles. The molecule has 4 heteroatoms. The quantitative estimate of drug-likeness (QED) is 0.874. The van der Waals surface area contributed by atoms with Crippen molar-refractivity contribution in [2.24, 2.45) is 0 Å². The Labute approximate surface area is 124 Å². The summed E-state index contributed by atoms with van der Waals surface area (Å²) in [5.41, 5.74) is 1.69. The number of anilines is 1. The molecule has 108 valence electrons. The van der Waals surface area contributed by atoms with Gasteiger partial charge in [0.2, 0.25) is 0 Å². The molecular formula is C16H21FN2S. The molecule has 1 aromatic carbocycles. The van der Waals surface area contributed by atoms with Gasteiger partial charge in [0, 0.05) is 30.9 Å². The van der Waals surface area contributed by atoms with Crippen molar-refractivity contribution in [2.45, 2.75) is 25.9 Å². The van der Waals surface area contributed by atoms with E-state index >= 15 is 0 Å². The first-order valence-electron chi connectivity index (χ1n) is 6.80. The molecule has 0 radical (unpaired) electrons. The van der Waals surface area contributed by atoms with Gasteiger partial charge in [-0.3, -0.25) is 0 Å². The summed E-state index contributed by atoms with van der Waals surface area (Å²) in [6, 6.07) is 9.71. The summed E-state index contributed by atoms with van der Waals surface area (Å²) in [5, 5.41) is 5.18. The van der Waals surface area contributed by atoms with E-state index in [4.69, 9.17) is 0 Å². The maximum atomic E-state index is 14.2. The van der Waals surface area contributed by atoms with Crippen LogP contribution in [0.15, 0.2) is 35.7 Å². The van der Waals surface area contributed by atoms with Crippen molar-refractivity contribution < 1.29 is 4.39 Å². The lowest BCUT2D eigenvalue weighted by Crippen LogP contribution is -2.32. The molecule has 0 spiro atoms. The first-order chi connectivity index (χ1) is 9.63. The third kappa shape index (κ3) is 3.38. The van der Waals surface area contributed by atoms with Crippen LogP contribution in [0.1, 0.15) is 17.4 Å². The van der Waals surface area contributed by atoms with Crippen molar-refractivity contribution in [3.8, 4) is 0 Å².